The van der Waals surface area contributed by atoms with Crippen molar-refractivity contribution in [2.75, 3.05) is 0 Å². The molecule has 0 aromatic carbocycles. The highest BCUT2D eigenvalue weighted by Crippen LogP contribution is 2.23. The molecule has 68 valence electrons. The molecule has 0 radical (unpaired) electrons. The fourth-order valence-corrected chi connectivity index (χ4v) is 2.58. The summed E-state index contributed by atoms with van der Waals surface area (Å²) < 4.78 is 2.91. The molecule has 0 atom stereocenters. The summed E-state index contributed by atoms with van der Waals surface area (Å²) >= 11 is 10.9. The topological polar surface area (TPSA) is 30.7 Å². The summed E-state index contributed by atoms with van der Waals surface area (Å²) in [4.78, 5) is 1.22. The molecule has 0 fully saturated rings. The van der Waals surface area contributed by atoms with Gasteiger partial charge in [0.1, 0.15) is 6.33 Å². The first kappa shape index (κ1) is 9.18. The quantitative estimate of drug-likeness (QED) is 0.846. The van der Waals surface area contributed by atoms with Gasteiger partial charge in [-0.25, -0.2) is 0 Å². The molecule has 0 saturated carbocycles. The Bertz CT molecular complexity index is 411. The molecule has 13 heavy (non-hydrogen) atoms. The lowest BCUT2D eigenvalue weighted by atomic mass is 10.5. The number of thiophene rings is 1. The summed E-state index contributed by atoms with van der Waals surface area (Å²) in [6.07, 6.45) is 1.62. The van der Waals surface area contributed by atoms with Crippen LogP contribution in [0.5, 0.6) is 0 Å². The minimum Gasteiger partial charge on any atom is -0.299 e. The molecule has 2 aromatic rings. The van der Waals surface area contributed by atoms with Crippen molar-refractivity contribution in [2.24, 2.45) is 0 Å². The Balaban J connectivity index is 2.19. The minimum atomic E-state index is 0.421. The van der Waals surface area contributed by atoms with E-state index < -0.39 is 0 Å². The van der Waals surface area contributed by atoms with Gasteiger partial charge in [-0.2, -0.15) is 0 Å². The van der Waals surface area contributed by atoms with Crippen LogP contribution >= 0.6 is 38.9 Å². The molecule has 0 saturated heterocycles. The average molecular weight is 279 g/mol. The summed E-state index contributed by atoms with van der Waals surface area (Å²) in [5, 5.41) is 7.81. The maximum absolute atomic E-state index is 5.78. The first-order chi connectivity index (χ1) is 6.25. The van der Waals surface area contributed by atoms with E-state index in [0.717, 1.165) is 10.3 Å². The summed E-state index contributed by atoms with van der Waals surface area (Å²) in [5.41, 5.74) is 0. The molecule has 3 nitrogen and oxygen atoms in total. The van der Waals surface area contributed by atoms with E-state index in [1.54, 1.807) is 22.2 Å². The van der Waals surface area contributed by atoms with E-state index in [4.69, 9.17) is 11.6 Å². The Hall–Kier alpha value is -0.390. The summed E-state index contributed by atoms with van der Waals surface area (Å²) in [7, 11) is 0. The molecule has 0 spiro atoms. The normalized spacial score (nSPS) is 10.6. The van der Waals surface area contributed by atoms with Crippen LogP contribution in [0.25, 0.3) is 0 Å². The van der Waals surface area contributed by atoms with E-state index in [0.29, 0.717) is 5.28 Å². The third kappa shape index (κ3) is 2.10. The van der Waals surface area contributed by atoms with Crippen molar-refractivity contribution < 1.29 is 0 Å². The zero-order chi connectivity index (χ0) is 9.26. The Morgan fingerprint density at radius 3 is 2.92 bits per heavy atom. The lowest BCUT2D eigenvalue weighted by Crippen LogP contribution is -1.95. The summed E-state index contributed by atoms with van der Waals surface area (Å²) in [6.45, 7) is 0.724. The van der Waals surface area contributed by atoms with Crippen molar-refractivity contribution in [3.63, 3.8) is 0 Å². The van der Waals surface area contributed by atoms with Gasteiger partial charge >= 0.3 is 0 Å². The van der Waals surface area contributed by atoms with Crippen LogP contribution in [0.1, 0.15) is 4.88 Å². The highest BCUT2D eigenvalue weighted by atomic mass is 79.9. The largest absolute Gasteiger partial charge is 0.299 e. The van der Waals surface area contributed by atoms with Crippen LogP contribution in [0.2, 0.25) is 5.28 Å². The van der Waals surface area contributed by atoms with Gasteiger partial charge in [0.15, 0.2) is 0 Å². The second kappa shape index (κ2) is 3.77. The number of nitrogens with zero attached hydrogens (tertiary/aromatic N) is 3. The molecule has 0 bridgehead atoms. The highest BCUT2D eigenvalue weighted by Gasteiger charge is 2.03. The first-order valence-electron chi connectivity index (χ1n) is 3.53. The highest BCUT2D eigenvalue weighted by molar-refractivity contribution is 9.11. The van der Waals surface area contributed by atoms with Crippen LogP contribution in [0.15, 0.2) is 22.2 Å². The zero-order valence-corrected chi connectivity index (χ0v) is 9.60. The van der Waals surface area contributed by atoms with Crippen molar-refractivity contribution in [3.05, 3.63) is 32.4 Å². The fraction of sp³-hybridized carbons (Fsp3) is 0.143. The molecule has 0 aliphatic heterocycles. The average Bonchev–Trinajstić information content (AvgIpc) is 2.64. The zero-order valence-electron chi connectivity index (χ0n) is 6.44. The van der Waals surface area contributed by atoms with Gasteiger partial charge in [0.2, 0.25) is 5.28 Å². The van der Waals surface area contributed by atoms with Crippen molar-refractivity contribution in [3.8, 4) is 0 Å². The van der Waals surface area contributed by atoms with Gasteiger partial charge in [0.05, 0.1) is 10.3 Å². The van der Waals surface area contributed by atoms with Crippen LogP contribution in [-0.2, 0) is 6.54 Å². The van der Waals surface area contributed by atoms with E-state index in [2.05, 4.69) is 26.1 Å². The number of hydrogen-bond acceptors (Lipinski definition) is 3. The molecule has 6 heteroatoms. The molecule has 2 rings (SSSR count). The van der Waals surface area contributed by atoms with Crippen molar-refractivity contribution >= 4 is 38.9 Å². The maximum Gasteiger partial charge on any atom is 0.225 e. The monoisotopic (exact) mass is 277 g/mol. The van der Waals surface area contributed by atoms with E-state index in [-0.39, 0.29) is 0 Å². The SMILES string of the molecule is Clc1nncn1Cc1ccc(Br)s1. The Kier molecular flexibility index (Phi) is 2.66. The van der Waals surface area contributed by atoms with Crippen LogP contribution in [0.4, 0.5) is 0 Å². The van der Waals surface area contributed by atoms with E-state index >= 15 is 0 Å². The van der Waals surface area contributed by atoms with Crippen molar-refractivity contribution in [1.29, 1.82) is 0 Å². The Morgan fingerprint density at radius 2 is 2.38 bits per heavy atom. The second-order valence-electron chi connectivity index (χ2n) is 2.43. The molecule has 0 aliphatic carbocycles. The van der Waals surface area contributed by atoms with E-state index in [1.165, 1.54) is 4.88 Å². The van der Waals surface area contributed by atoms with Crippen LogP contribution in [0, 0.1) is 0 Å². The molecule has 2 heterocycles. The number of rotatable bonds is 2. The lowest BCUT2D eigenvalue weighted by Gasteiger charge is -1.97. The van der Waals surface area contributed by atoms with Gasteiger partial charge < -0.3 is 0 Å². The lowest BCUT2D eigenvalue weighted by molar-refractivity contribution is 0.808. The van der Waals surface area contributed by atoms with Crippen LogP contribution < -0.4 is 0 Å². The molecule has 0 unspecified atom stereocenters. The van der Waals surface area contributed by atoms with Gasteiger partial charge in [-0.15, -0.1) is 21.5 Å². The molecular weight excluding hydrogens is 274 g/mol. The number of halogens is 2. The third-order valence-electron chi connectivity index (χ3n) is 1.52. The second-order valence-corrected chi connectivity index (χ2v) is 5.32. The standard InChI is InChI=1S/C7H5BrClN3S/c8-6-2-1-5(13-6)3-12-4-10-11-7(12)9/h1-2,4H,3H2. The maximum atomic E-state index is 5.78. The van der Waals surface area contributed by atoms with Gasteiger partial charge in [0.25, 0.3) is 0 Å². The van der Waals surface area contributed by atoms with Crippen molar-refractivity contribution in [1.82, 2.24) is 14.8 Å². The predicted molar refractivity (Wildman–Crippen MR) is 56.2 cm³/mol. The van der Waals surface area contributed by atoms with E-state index in [1.807, 2.05) is 12.1 Å². The van der Waals surface area contributed by atoms with Crippen LogP contribution in [0.3, 0.4) is 0 Å². The Labute approximate surface area is 92.5 Å². The molecule has 0 N–H and O–H groups in total. The fourth-order valence-electron chi connectivity index (χ4n) is 0.952. The number of hydrogen-bond donors (Lipinski definition) is 0. The summed E-state index contributed by atoms with van der Waals surface area (Å²) in [5.74, 6) is 0. The van der Waals surface area contributed by atoms with Gasteiger partial charge in [-0.3, -0.25) is 4.57 Å². The molecule has 2 aromatic heterocycles. The molecule has 0 aliphatic rings. The van der Waals surface area contributed by atoms with Crippen molar-refractivity contribution in [2.45, 2.75) is 6.54 Å². The van der Waals surface area contributed by atoms with Crippen LogP contribution in [-0.4, -0.2) is 14.8 Å². The Morgan fingerprint density at radius 1 is 1.54 bits per heavy atom. The number of aromatic nitrogens is 3. The smallest absolute Gasteiger partial charge is 0.225 e. The minimum absolute atomic E-state index is 0.421. The predicted octanol–water partition coefficient (Wildman–Crippen LogP) is 2.80. The van der Waals surface area contributed by atoms with Gasteiger partial charge in [-0.05, 0) is 39.7 Å². The first-order valence-corrected chi connectivity index (χ1v) is 5.52. The molecular formula is C7H5BrClN3S. The summed E-state index contributed by atoms with van der Waals surface area (Å²) in [6, 6.07) is 4.06. The van der Waals surface area contributed by atoms with Gasteiger partial charge in [-0.1, -0.05) is 0 Å². The van der Waals surface area contributed by atoms with E-state index in [9.17, 15) is 0 Å². The third-order valence-corrected chi connectivity index (χ3v) is 3.42. The molecule has 0 amide bonds. The van der Waals surface area contributed by atoms with Gasteiger partial charge in [0, 0.05) is 4.88 Å².